The van der Waals surface area contributed by atoms with Crippen molar-refractivity contribution in [1.82, 2.24) is 9.78 Å². The van der Waals surface area contributed by atoms with Gasteiger partial charge < -0.3 is 10.1 Å². The smallest absolute Gasteiger partial charge is 0.271 e. The van der Waals surface area contributed by atoms with Gasteiger partial charge in [-0.3, -0.25) is 9.59 Å². The lowest BCUT2D eigenvalue weighted by Gasteiger charge is -2.18. The Bertz CT molecular complexity index is 1030. The molecule has 0 aliphatic carbocycles. The van der Waals surface area contributed by atoms with Crippen LogP contribution in [-0.2, 0) is 4.79 Å². The van der Waals surface area contributed by atoms with Crippen molar-refractivity contribution in [3.63, 3.8) is 0 Å². The maximum Gasteiger partial charge on any atom is 0.271 e. The van der Waals surface area contributed by atoms with E-state index in [9.17, 15) is 14.0 Å². The first-order chi connectivity index (χ1) is 13.5. The summed E-state index contributed by atoms with van der Waals surface area (Å²) in [5.41, 5.74) is 1.65. The Hall–Kier alpha value is -3.48. The third-order valence-corrected chi connectivity index (χ3v) is 4.18. The molecule has 7 heteroatoms. The van der Waals surface area contributed by atoms with Crippen molar-refractivity contribution in [3.05, 3.63) is 82.4 Å². The first-order valence-electron chi connectivity index (χ1n) is 8.87. The summed E-state index contributed by atoms with van der Waals surface area (Å²) >= 11 is 0. The molecule has 1 heterocycles. The molecule has 0 saturated heterocycles. The van der Waals surface area contributed by atoms with Crippen LogP contribution in [0.1, 0.15) is 18.9 Å². The van der Waals surface area contributed by atoms with Gasteiger partial charge in [0.05, 0.1) is 5.69 Å². The van der Waals surface area contributed by atoms with Crippen molar-refractivity contribution in [3.8, 4) is 11.6 Å². The fraction of sp³-hybridized carbons (Fsp3) is 0.190. The second-order valence-electron chi connectivity index (χ2n) is 6.22. The third kappa shape index (κ3) is 4.43. The van der Waals surface area contributed by atoms with Gasteiger partial charge in [-0.05, 0) is 49.2 Å². The van der Waals surface area contributed by atoms with E-state index < -0.39 is 17.5 Å². The molecule has 0 fully saturated rings. The topological polar surface area (TPSA) is 73.2 Å². The number of halogens is 1. The summed E-state index contributed by atoms with van der Waals surface area (Å²) in [4.78, 5) is 24.7. The van der Waals surface area contributed by atoms with Crippen LogP contribution >= 0.6 is 0 Å². The largest absolute Gasteiger partial charge is 0.463 e. The monoisotopic (exact) mass is 381 g/mol. The zero-order valence-electron chi connectivity index (χ0n) is 15.6. The van der Waals surface area contributed by atoms with Gasteiger partial charge in [-0.15, -0.1) is 5.10 Å². The second-order valence-corrected chi connectivity index (χ2v) is 6.22. The summed E-state index contributed by atoms with van der Waals surface area (Å²) in [5.74, 6) is -0.600. The summed E-state index contributed by atoms with van der Waals surface area (Å²) in [6.07, 6.45) is -0.374. The van der Waals surface area contributed by atoms with E-state index >= 15 is 0 Å². The second kappa shape index (κ2) is 8.47. The van der Waals surface area contributed by atoms with Crippen LogP contribution in [0, 0.1) is 12.7 Å². The minimum absolute atomic E-state index is 0.121. The van der Waals surface area contributed by atoms with E-state index in [0.717, 1.165) is 10.2 Å². The van der Waals surface area contributed by atoms with Crippen LogP contribution in [-0.4, -0.2) is 21.8 Å². The molecule has 28 heavy (non-hydrogen) atoms. The quantitative estimate of drug-likeness (QED) is 0.710. The summed E-state index contributed by atoms with van der Waals surface area (Å²) in [5, 5.41) is 6.99. The predicted molar refractivity (Wildman–Crippen MR) is 104 cm³/mol. The van der Waals surface area contributed by atoms with Crippen LogP contribution in [0.25, 0.3) is 5.69 Å². The molecular weight excluding hydrogens is 361 g/mol. The zero-order valence-corrected chi connectivity index (χ0v) is 15.6. The highest BCUT2D eigenvalue weighted by Crippen LogP contribution is 2.16. The van der Waals surface area contributed by atoms with Gasteiger partial charge in [0.25, 0.3) is 11.5 Å². The number of carbonyl (C=O) groups is 1. The number of rotatable bonds is 6. The van der Waals surface area contributed by atoms with Gasteiger partial charge in [-0.2, -0.15) is 4.68 Å². The molecule has 3 aromatic rings. The SMILES string of the molecule is CC[C@@H](Oc1ccc(=O)n(-c2ccc(F)cc2)n1)C(=O)Nc1ccccc1C. The van der Waals surface area contributed by atoms with Crippen molar-refractivity contribution in [2.45, 2.75) is 26.4 Å². The Morgan fingerprint density at radius 2 is 1.86 bits per heavy atom. The number of benzene rings is 2. The molecule has 0 aliphatic heterocycles. The molecule has 3 rings (SSSR count). The fourth-order valence-electron chi connectivity index (χ4n) is 2.62. The van der Waals surface area contributed by atoms with Gasteiger partial charge in [0.2, 0.25) is 5.88 Å². The molecule has 1 N–H and O–H groups in total. The van der Waals surface area contributed by atoms with Gasteiger partial charge in [0.15, 0.2) is 6.10 Å². The molecule has 0 saturated carbocycles. The minimum Gasteiger partial charge on any atom is -0.463 e. The Labute approximate surface area is 161 Å². The van der Waals surface area contributed by atoms with E-state index in [1.165, 1.54) is 36.4 Å². The summed E-state index contributed by atoms with van der Waals surface area (Å²) in [6, 6.07) is 15.5. The maximum atomic E-state index is 13.1. The van der Waals surface area contributed by atoms with Crippen LogP contribution in [0.2, 0.25) is 0 Å². The standard InChI is InChI=1S/C21H20FN3O3/c1-3-18(21(27)23-17-7-5-4-6-14(17)2)28-19-12-13-20(26)25(24-19)16-10-8-15(22)9-11-16/h4-13,18H,3H2,1-2H3,(H,23,27)/t18-/m1/s1. The first kappa shape index (κ1) is 19.3. The molecule has 1 amide bonds. The summed E-state index contributed by atoms with van der Waals surface area (Å²) in [6.45, 7) is 3.72. The van der Waals surface area contributed by atoms with Gasteiger partial charge in [0.1, 0.15) is 5.82 Å². The van der Waals surface area contributed by atoms with E-state index in [-0.39, 0.29) is 11.8 Å². The average Bonchev–Trinajstić information content (AvgIpc) is 2.69. The normalized spacial score (nSPS) is 11.7. The number of nitrogens with zero attached hydrogens (tertiary/aromatic N) is 2. The molecular formula is C21H20FN3O3. The number of aromatic nitrogens is 2. The molecule has 0 radical (unpaired) electrons. The Kier molecular flexibility index (Phi) is 5.84. The molecule has 1 aromatic heterocycles. The van der Waals surface area contributed by atoms with E-state index in [1.54, 1.807) is 0 Å². The Morgan fingerprint density at radius 3 is 2.54 bits per heavy atom. The molecule has 1 atom stereocenters. The van der Waals surface area contributed by atoms with Crippen molar-refractivity contribution in [2.24, 2.45) is 0 Å². The summed E-state index contributed by atoms with van der Waals surface area (Å²) < 4.78 is 19.9. The van der Waals surface area contributed by atoms with Crippen molar-refractivity contribution in [2.75, 3.05) is 5.32 Å². The molecule has 0 unspecified atom stereocenters. The molecule has 6 nitrogen and oxygen atoms in total. The Balaban J connectivity index is 1.80. The number of anilines is 1. The average molecular weight is 381 g/mol. The molecule has 0 bridgehead atoms. The van der Waals surface area contributed by atoms with Crippen LogP contribution in [0.3, 0.4) is 0 Å². The number of aryl methyl sites for hydroxylation is 1. The number of hydrogen-bond acceptors (Lipinski definition) is 4. The molecule has 144 valence electrons. The van der Waals surface area contributed by atoms with Crippen LogP contribution in [0.4, 0.5) is 10.1 Å². The van der Waals surface area contributed by atoms with E-state index in [4.69, 9.17) is 4.74 Å². The van der Waals surface area contributed by atoms with Crippen LogP contribution in [0.15, 0.2) is 65.5 Å². The van der Waals surface area contributed by atoms with Gasteiger partial charge in [0, 0.05) is 17.8 Å². The summed E-state index contributed by atoms with van der Waals surface area (Å²) in [7, 11) is 0. The highest BCUT2D eigenvalue weighted by molar-refractivity contribution is 5.94. The third-order valence-electron chi connectivity index (χ3n) is 4.18. The van der Waals surface area contributed by atoms with Crippen molar-refractivity contribution < 1.29 is 13.9 Å². The minimum atomic E-state index is -0.786. The van der Waals surface area contributed by atoms with Crippen molar-refractivity contribution in [1.29, 1.82) is 0 Å². The van der Waals surface area contributed by atoms with E-state index in [2.05, 4.69) is 10.4 Å². The van der Waals surface area contributed by atoms with Crippen LogP contribution < -0.4 is 15.6 Å². The lowest BCUT2D eigenvalue weighted by molar-refractivity contribution is -0.123. The highest BCUT2D eigenvalue weighted by atomic mass is 19.1. The van der Waals surface area contributed by atoms with Gasteiger partial charge >= 0.3 is 0 Å². The van der Waals surface area contributed by atoms with Crippen LogP contribution in [0.5, 0.6) is 5.88 Å². The van der Waals surface area contributed by atoms with E-state index in [1.807, 2.05) is 38.1 Å². The first-order valence-corrected chi connectivity index (χ1v) is 8.87. The fourth-order valence-corrected chi connectivity index (χ4v) is 2.62. The number of carbonyl (C=O) groups excluding carboxylic acids is 1. The number of amides is 1. The maximum absolute atomic E-state index is 13.1. The highest BCUT2D eigenvalue weighted by Gasteiger charge is 2.20. The number of hydrogen-bond donors (Lipinski definition) is 1. The van der Waals surface area contributed by atoms with Gasteiger partial charge in [-0.1, -0.05) is 25.1 Å². The van der Waals surface area contributed by atoms with E-state index in [0.29, 0.717) is 17.8 Å². The predicted octanol–water partition coefficient (Wildman–Crippen LogP) is 3.48. The van der Waals surface area contributed by atoms with Gasteiger partial charge in [-0.25, -0.2) is 4.39 Å². The molecule has 0 aliphatic rings. The number of ether oxygens (including phenoxy) is 1. The zero-order chi connectivity index (χ0) is 20.1. The molecule has 2 aromatic carbocycles. The Morgan fingerprint density at radius 1 is 1.14 bits per heavy atom. The number of nitrogens with one attached hydrogen (secondary N) is 1. The lowest BCUT2D eigenvalue weighted by Crippen LogP contribution is -2.33. The lowest BCUT2D eigenvalue weighted by atomic mass is 10.2. The molecule has 0 spiro atoms. The van der Waals surface area contributed by atoms with Crippen molar-refractivity contribution >= 4 is 11.6 Å². The number of para-hydroxylation sites is 1.